The van der Waals surface area contributed by atoms with Crippen LogP contribution in [0.15, 0.2) is 82.2 Å². The number of sulfonamides is 1. The van der Waals surface area contributed by atoms with Gasteiger partial charge in [0.05, 0.1) is 27.0 Å². The highest BCUT2D eigenvalue weighted by molar-refractivity contribution is 9.10. The summed E-state index contributed by atoms with van der Waals surface area (Å²) in [5.41, 5.74) is 8.87. The van der Waals surface area contributed by atoms with E-state index in [1.165, 1.54) is 11.1 Å². The molecular weight excluding hydrogens is 622 g/mol. The zero-order valence-corrected chi connectivity index (χ0v) is 28.1. The van der Waals surface area contributed by atoms with Crippen LogP contribution in [0, 0.1) is 27.7 Å². The van der Waals surface area contributed by atoms with Crippen LogP contribution < -0.4 is 19.8 Å². The molecule has 0 bridgehead atoms. The zero-order valence-electron chi connectivity index (χ0n) is 25.7. The lowest BCUT2D eigenvalue weighted by molar-refractivity contribution is -0.651. The summed E-state index contributed by atoms with van der Waals surface area (Å²) in [4.78, 5) is 0.281. The molecular formula is C34H40BrN5O2S+2. The molecule has 0 aliphatic rings. The maximum Gasteiger partial charge on any atom is 0.243 e. The van der Waals surface area contributed by atoms with Crippen molar-refractivity contribution in [1.82, 2.24) is 4.31 Å². The summed E-state index contributed by atoms with van der Waals surface area (Å²) in [5.74, 6) is 0. The average molecular weight is 663 g/mol. The smallest absolute Gasteiger partial charge is 0.243 e. The van der Waals surface area contributed by atoms with Gasteiger partial charge in [-0.1, -0.05) is 28.1 Å². The third kappa shape index (κ3) is 6.54. The second-order valence-corrected chi connectivity index (χ2v) is 14.1. The maximum atomic E-state index is 13.9. The van der Waals surface area contributed by atoms with Crippen LogP contribution in [-0.2, 0) is 24.1 Å². The van der Waals surface area contributed by atoms with Crippen LogP contribution in [0.25, 0.3) is 21.8 Å². The van der Waals surface area contributed by atoms with E-state index < -0.39 is 10.0 Å². The van der Waals surface area contributed by atoms with E-state index in [9.17, 15) is 8.42 Å². The molecule has 0 aliphatic carbocycles. The van der Waals surface area contributed by atoms with Gasteiger partial charge in [-0.05, 0) is 61.4 Å². The Morgan fingerprint density at radius 1 is 0.674 bits per heavy atom. The first kappa shape index (κ1) is 30.9. The van der Waals surface area contributed by atoms with Gasteiger partial charge in [-0.3, -0.25) is 0 Å². The van der Waals surface area contributed by atoms with Crippen LogP contribution in [-0.4, -0.2) is 38.9 Å². The molecule has 224 valence electrons. The summed E-state index contributed by atoms with van der Waals surface area (Å²) in [7, 11) is 0.398. The number of hydrogen-bond donors (Lipinski definition) is 2. The van der Waals surface area contributed by atoms with Gasteiger partial charge in [0.2, 0.25) is 21.1 Å². The zero-order chi connectivity index (χ0) is 30.9. The monoisotopic (exact) mass is 661 g/mol. The average Bonchev–Trinajstić information content (AvgIpc) is 2.97. The molecule has 2 aromatic heterocycles. The first-order valence-electron chi connectivity index (χ1n) is 14.5. The van der Waals surface area contributed by atoms with Gasteiger partial charge >= 0.3 is 0 Å². The molecule has 7 nitrogen and oxygen atoms in total. The van der Waals surface area contributed by atoms with E-state index >= 15 is 0 Å². The highest BCUT2D eigenvalue weighted by Gasteiger charge is 2.25. The lowest BCUT2D eigenvalue weighted by Crippen LogP contribution is -2.38. The standard InChI is InChI=1S/C34H38BrN5O2S/c1-23-7-13-33-29(19-23)31(21-25(3)38(33)5)36-15-17-40(43(41,42)28-11-9-27(35)10-12-28)18-16-37-32-22-26(4)39(6)34-14-8-24(2)20-30(32)34/h7-14,19-22H,15-18H2,1-6H3/p+2. The van der Waals surface area contributed by atoms with Crippen molar-refractivity contribution in [2.45, 2.75) is 32.6 Å². The molecule has 9 heteroatoms. The maximum absolute atomic E-state index is 13.9. The largest absolute Gasteiger partial charge is 0.383 e. The summed E-state index contributed by atoms with van der Waals surface area (Å²) in [6.07, 6.45) is 0. The highest BCUT2D eigenvalue weighted by atomic mass is 79.9. The topological polar surface area (TPSA) is 69.2 Å². The fourth-order valence-corrected chi connectivity index (χ4v) is 7.20. The number of benzene rings is 3. The fraction of sp³-hybridized carbons (Fsp3) is 0.294. The molecule has 0 fully saturated rings. The molecule has 2 N–H and O–H groups in total. The van der Waals surface area contributed by atoms with E-state index in [1.807, 2.05) is 0 Å². The molecule has 0 saturated carbocycles. The van der Waals surface area contributed by atoms with Gasteiger partial charge in [-0.2, -0.15) is 13.4 Å². The molecule has 0 amide bonds. The lowest BCUT2D eigenvalue weighted by Gasteiger charge is -2.23. The number of nitrogens with zero attached hydrogens (tertiary/aromatic N) is 3. The normalized spacial score (nSPS) is 11.9. The number of rotatable bonds is 10. The van der Waals surface area contributed by atoms with Crippen molar-refractivity contribution in [3.8, 4) is 0 Å². The third-order valence-electron chi connectivity index (χ3n) is 8.18. The molecule has 0 atom stereocenters. The van der Waals surface area contributed by atoms with Gasteiger partial charge in [0.25, 0.3) is 0 Å². The second kappa shape index (κ2) is 12.6. The van der Waals surface area contributed by atoms with Crippen molar-refractivity contribution >= 4 is 59.1 Å². The number of pyridine rings is 2. The predicted molar refractivity (Wildman–Crippen MR) is 179 cm³/mol. The van der Waals surface area contributed by atoms with E-state index in [4.69, 9.17) is 0 Å². The number of hydrogen-bond acceptors (Lipinski definition) is 4. The summed E-state index contributed by atoms with van der Waals surface area (Å²) < 4.78 is 34.5. The molecule has 0 radical (unpaired) electrons. The Balaban J connectivity index is 1.39. The summed E-state index contributed by atoms with van der Waals surface area (Å²) >= 11 is 3.42. The third-order valence-corrected chi connectivity index (χ3v) is 10.6. The van der Waals surface area contributed by atoms with Crippen molar-refractivity contribution in [3.63, 3.8) is 0 Å². The van der Waals surface area contributed by atoms with E-state index in [1.54, 1.807) is 28.6 Å². The number of aryl methyl sites for hydroxylation is 6. The minimum absolute atomic E-state index is 0.281. The Bertz CT molecular complexity index is 1820. The van der Waals surface area contributed by atoms with Crippen LogP contribution >= 0.6 is 15.9 Å². The Morgan fingerprint density at radius 2 is 1.12 bits per heavy atom. The Labute approximate surface area is 263 Å². The number of aromatic nitrogens is 2. The van der Waals surface area contributed by atoms with Crippen molar-refractivity contribution in [2.75, 3.05) is 36.8 Å². The van der Waals surface area contributed by atoms with Crippen LogP contribution in [0.2, 0.25) is 0 Å². The Kier molecular flexibility index (Phi) is 9.06. The van der Waals surface area contributed by atoms with Gasteiger partial charge in [-0.15, -0.1) is 0 Å². The second-order valence-electron chi connectivity index (χ2n) is 11.3. The molecule has 0 aliphatic heterocycles. The van der Waals surface area contributed by atoms with Gasteiger partial charge < -0.3 is 10.6 Å². The van der Waals surface area contributed by atoms with E-state index in [-0.39, 0.29) is 4.90 Å². The van der Waals surface area contributed by atoms with E-state index in [0.29, 0.717) is 26.2 Å². The Hall–Kier alpha value is -3.53. The quantitative estimate of drug-likeness (QED) is 0.184. The summed E-state index contributed by atoms with van der Waals surface area (Å²) in [6, 6.07) is 23.9. The number of halogens is 1. The molecule has 0 saturated heterocycles. The Morgan fingerprint density at radius 3 is 1.56 bits per heavy atom. The van der Waals surface area contributed by atoms with E-state index in [2.05, 4.69) is 126 Å². The molecule has 2 heterocycles. The van der Waals surface area contributed by atoms with Crippen LogP contribution in [0.4, 0.5) is 11.4 Å². The lowest BCUT2D eigenvalue weighted by atomic mass is 10.1. The number of nitrogens with one attached hydrogen (secondary N) is 2. The molecule has 0 unspecified atom stereocenters. The number of fused-ring (bicyclic) bond motifs is 2. The summed E-state index contributed by atoms with van der Waals surface area (Å²) in [6.45, 7) is 9.89. The van der Waals surface area contributed by atoms with Crippen LogP contribution in [0.5, 0.6) is 0 Å². The molecule has 5 rings (SSSR count). The fourth-order valence-electron chi connectivity index (χ4n) is 5.49. The van der Waals surface area contributed by atoms with Crippen molar-refractivity contribution in [1.29, 1.82) is 0 Å². The van der Waals surface area contributed by atoms with Gasteiger partial charge in [0.15, 0.2) is 11.4 Å². The SMILES string of the molecule is Cc1ccc2c(c1)c(NCCN(CCNc1cc(C)[n+](C)c3ccc(C)cc13)S(=O)(=O)c1ccc(Br)cc1)cc(C)[n+]2C. The minimum Gasteiger partial charge on any atom is -0.383 e. The minimum atomic E-state index is -3.73. The molecule has 3 aromatic carbocycles. The summed E-state index contributed by atoms with van der Waals surface area (Å²) in [5, 5.41) is 9.33. The highest BCUT2D eigenvalue weighted by Crippen LogP contribution is 2.25. The van der Waals surface area contributed by atoms with Gasteiger partial charge in [0.1, 0.15) is 14.1 Å². The van der Waals surface area contributed by atoms with Crippen LogP contribution in [0.3, 0.4) is 0 Å². The molecule has 5 aromatic rings. The van der Waals surface area contributed by atoms with Crippen molar-refractivity contribution < 1.29 is 17.6 Å². The van der Waals surface area contributed by atoms with Crippen molar-refractivity contribution in [3.05, 3.63) is 99.8 Å². The molecule has 43 heavy (non-hydrogen) atoms. The molecule has 0 spiro atoms. The van der Waals surface area contributed by atoms with Crippen molar-refractivity contribution in [2.24, 2.45) is 14.1 Å². The van der Waals surface area contributed by atoms with Crippen LogP contribution in [0.1, 0.15) is 22.5 Å². The first-order chi connectivity index (χ1) is 20.5. The van der Waals surface area contributed by atoms with Gasteiger partial charge in [-0.25, -0.2) is 8.42 Å². The van der Waals surface area contributed by atoms with E-state index in [0.717, 1.165) is 49.0 Å². The predicted octanol–water partition coefficient (Wildman–Crippen LogP) is 5.85. The van der Waals surface area contributed by atoms with Gasteiger partial charge in [0, 0.05) is 68.8 Å². The first-order valence-corrected chi connectivity index (χ1v) is 16.7. The number of anilines is 2.